The zero-order valence-corrected chi connectivity index (χ0v) is 9.54. The molecule has 0 spiro atoms. The second kappa shape index (κ2) is 4.52. The lowest BCUT2D eigenvalue weighted by Crippen LogP contribution is -2.28. The molecule has 1 fully saturated rings. The second-order valence-corrected chi connectivity index (χ2v) is 4.02. The molecule has 7 heteroatoms. The molecule has 0 aliphatic carbocycles. The fourth-order valence-electron chi connectivity index (χ4n) is 1.96. The molecule has 0 bridgehead atoms. The zero-order chi connectivity index (χ0) is 12.4. The van der Waals surface area contributed by atoms with Crippen molar-refractivity contribution in [2.24, 2.45) is 0 Å². The highest BCUT2D eigenvalue weighted by molar-refractivity contribution is 5.84. The standard InChI is InChI=1S/C10H14N4O3/c1-2-9(15)13-4-3-7(5-13)14-6-8(10(16)17)11-12-14/h6-7H,2-5H2,1H3,(H,16,17)/t7-/m0/s1. The first-order valence-corrected chi connectivity index (χ1v) is 5.54. The number of rotatable bonds is 3. The predicted octanol–water partition coefficient (Wildman–Crippen LogP) is 0.160. The fraction of sp³-hybridized carbons (Fsp3) is 0.600. The van der Waals surface area contributed by atoms with Crippen molar-refractivity contribution in [1.29, 1.82) is 0 Å². The number of amides is 1. The molecule has 0 aromatic carbocycles. The van der Waals surface area contributed by atoms with Gasteiger partial charge in [-0.15, -0.1) is 5.10 Å². The van der Waals surface area contributed by atoms with Crippen molar-refractivity contribution in [3.63, 3.8) is 0 Å². The third kappa shape index (κ3) is 2.27. The largest absolute Gasteiger partial charge is 0.476 e. The number of nitrogens with zero attached hydrogens (tertiary/aromatic N) is 4. The molecule has 0 unspecified atom stereocenters. The smallest absolute Gasteiger partial charge is 0.358 e. The fourth-order valence-corrected chi connectivity index (χ4v) is 1.96. The number of carbonyl (C=O) groups is 2. The van der Waals surface area contributed by atoms with Crippen molar-refractivity contribution in [2.75, 3.05) is 13.1 Å². The van der Waals surface area contributed by atoms with E-state index in [1.165, 1.54) is 10.9 Å². The molecule has 1 amide bonds. The van der Waals surface area contributed by atoms with Crippen LogP contribution in [-0.4, -0.2) is 50.0 Å². The highest BCUT2D eigenvalue weighted by atomic mass is 16.4. The maximum absolute atomic E-state index is 11.5. The Balaban J connectivity index is 2.04. The van der Waals surface area contributed by atoms with Crippen LogP contribution in [0.15, 0.2) is 6.20 Å². The Morgan fingerprint density at radius 1 is 1.59 bits per heavy atom. The molecular weight excluding hydrogens is 224 g/mol. The second-order valence-electron chi connectivity index (χ2n) is 4.02. The van der Waals surface area contributed by atoms with Gasteiger partial charge in [-0.2, -0.15) is 0 Å². The van der Waals surface area contributed by atoms with Crippen molar-refractivity contribution in [3.05, 3.63) is 11.9 Å². The van der Waals surface area contributed by atoms with Crippen LogP contribution in [0.1, 0.15) is 36.3 Å². The van der Waals surface area contributed by atoms with E-state index < -0.39 is 5.97 Å². The molecule has 2 heterocycles. The van der Waals surface area contributed by atoms with Gasteiger partial charge in [0.25, 0.3) is 0 Å². The summed E-state index contributed by atoms with van der Waals surface area (Å²) < 4.78 is 1.53. The molecular formula is C10H14N4O3. The van der Waals surface area contributed by atoms with Gasteiger partial charge in [-0.05, 0) is 6.42 Å². The highest BCUT2D eigenvalue weighted by Crippen LogP contribution is 2.21. The number of hydrogen-bond donors (Lipinski definition) is 1. The number of aromatic carboxylic acids is 1. The van der Waals surface area contributed by atoms with E-state index in [1.807, 2.05) is 6.92 Å². The Morgan fingerprint density at radius 3 is 2.94 bits per heavy atom. The Hall–Kier alpha value is -1.92. The van der Waals surface area contributed by atoms with Crippen LogP contribution >= 0.6 is 0 Å². The Labute approximate surface area is 98.0 Å². The van der Waals surface area contributed by atoms with Crippen molar-refractivity contribution >= 4 is 11.9 Å². The lowest BCUT2D eigenvalue weighted by atomic mass is 10.3. The zero-order valence-electron chi connectivity index (χ0n) is 9.54. The van der Waals surface area contributed by atoms with Crippen molar-refractivity contribution in [3.8, 4) is 0 Å². The predicted molar refractivity (Wildman–Crippen MR) is 57.5 cm³/mol. The first-order chi connectivity index (χ1) is 8.11. The summed E-state index contributed by atoms with van der Waals surface area (Å²) in [5, 5.41) is 16.1. The van der Waals surface area contributed by atoms with Gasteiger partial charge in [0, 0.05) is 19.5 Å². The van der Waals surface area contributed by atoms with E-state index in [9.17, 15) is 9.59 Å². The highest BCUT2D eigenvalue weighted by Gasteiger charge is 2.27. The van der Waals surface area contributed by atoms with Gasteiger partial charge in [0.15, 0.2) is 5.69 Å². The van der Waals surface area contributed by atoms with Crippen LogP contribution in [0, 0.1) is 0 Å². The third-order valence-electron chi connectivity index (χ3n) is 2.92. The van der Waals surface area contributed by atoms with Gasteiger partial charge in [0.1, 0.15) is 0 Å². The first kappa shape index (κ1) is 11.6. The molecule has 1 aliphatic heterocycles. The normalized spacial score (nSPS) is 19.6. The van der Waals surface area contributed by atoms with Crippen LogP contribution in [-0.2, 0) is 4.79 Å². The molecule has 1 saturated heterocycles. The maximum Gasteiger partial charge on any atom is 0.358 e. The van der Waals surface area contributed by atoms with Gasteiger partial charge in [-0.1, -0.05) is 12.1 Å². The molecule has 17 heavy (non-hydrogen) atoms. The topological polar surface area (TPSA) is 88.3 Å². The van der Waals surface area contributed by atoms with Crippen molar-refractivity contribution in [2.45, 2.75) is 25.8 Å². The van der Waals surface area contributed by atoms with Gasteiger partial charge in [-0.3, -0.25) is 4.79 Å². The minimum absolute atomic E-state index is 0.0334. The number of likely N-dealkylation sites (tertiary alicyclic amines) is 1. The first-order valence-electron chi connectivity index (χ1n) is 5.54. The lowest BCUT2D eigenvalue weighted by molar-refractivity contribution is -0.129. The van der Waals surface area contributed by atoms with E-state index in [4.69, 9.17) is 5.11 Å². The molecule has 92 valence electrons. The van der Waals surface area contributed by atoms with E-state index in [0.29, 0.717) is 19.5 Å². The van der Waals surface area contributed by atoms with E-state index in [2.05, 4.69) is 10.3 Å². The minimum atomic E-state index is -1.09. The van der Waals surface area contributed by atoms with Crippen LogP contribution in [0.5, 0.6) is 0 Å². The summed E-state index contributed by atoms with van der Waals surface area (Å²) in [7, 11) is 0. The molecule has 1 aromatic heterocycles. The molecule has 7 nitrogen and oxygen atoms in total. The van der Waals surface area contributed by atoms with Gasteiger partial charge < -0.3 is 10.0 Å². The minimum Gasteiger partial charge on any atom is -0.476 e. The van der Waals surface area contributed by atoms with Crippen LogP contribution in [0.2, 0.25) is 0 Å². The van der Waals surface area contributed by atoms with E-state index >= 15 is 0 Å². The van der Waals surface area contributed by atoms with Gasteiger partial charge in [0.2, 0.25) is 5.91 Å². The average Bonchev–Trinajstić information content (AvgIpc) is 2.95. The number of hydrogen-bond acceptors (Lipinski definition) is 4. The summed E-state index contributed by atoms with van der Waals surface area (Å²) >= 11 is 0. The molecule has 1 aliphatic rings. The van der Waals surface area contributed by atoms with E-state index in [1.54, 1.807) is 4.90 Å². The van der Waals surface area contributed by atoms with E-state index in [0.717, 1.165) is 6.42 Å². The molecule has 0 saturated carbocycles. The molecule has 2 rings (SSSR count). The summed E-state index contributed by atoms with van der Waals surface area (Å²) in [6.07, 6.45) is 2.69. The molecule has 0 radical (unpaired) electrons. The quantitative estimate of drug-likeness (QED) is 0.810. The summed E-state index contributed by atoms with van der Waals surface area (Å²) in [4.78, 5) is 23.9. The Kier molecular flexibility index (Phi) is 3.08. The number of carboxylic acids is 1. The Morgan fingerprint density at radius 2 is 2.35 bits per heavy atom. The van der Waals surface area contributed by atoms with Gasteiger partial charge in [-0.25, -0.2) is 9.48 Å². The average molecular weight is 238 g/mol. The van der Waals surface area contributed by atoms with Gasteiger partial charge in [0.05, 0.1) is 12.2 Å². The maximum atomic E-state index is 11.5. The number of carbonyl (C=O) groups excluding carboxylic acids is 1. The number of carboxylic acid groups (broad SMARTS) is 1. The van der Waals surface area contributed by atoms with Gasteiger partial charge >= 0.3 is 5.97 Å². The third-order valence-corrected chi connectivity index (χ3v) is 2.92. The van der Waals surface area contributed by atoms with E-state index in [-0.39, 0.29) is 17.6 Å². The lowest BCUT2D eigenvalue weighted by Gasteiger charge is -2.15. The molecule has 1 aromatic rings. The summed E-state index contributed by atoms with van der Waals surface area (Å²) in [5.74, 6) is -0.971. The summed E-state index contributed by atoms with van der Waals surface area (Å²) in [6, 6.07) is 0.0334. The summed E-state index contributed by atoms with van der Waals surface area (Å²) in [5.41, 5.74) is -0.0646. The van der Waals surface area contributed by atoms with Crippen molar-refractivity contribution < 1.29 is 14.7 Å². The summed E-state index contributed by atoms with van der Waals surface area (Å²) in [6.45, 7) is 3.10. The monoisotopic (exact) mass is 238 g/mol. The molecule has 1 atom stereocenters. The van der Waals surface area contributed by atoms with Crippen LogP contribution in [0.25, 0.3) is 0 Å². The van der Waals surface area contributed by atoms with Crippen LogP contribution in [0.3, 0.4) is 0 Å². The van der Waals surface area contributed by atoms with Crippen LogP contribution < -0.4 is 0 Å². The van der Waals surface area contributed by atoms with Crippen molar-refractivity contribution in [1.82, 2.24) is 19.9 Å². The number of aromatic nitrogens is 3. The Bertz CT molecular complexity index is 443. The SMILES string of the molecule is CCC(=O)N1CC[C@H](n2cc(C(=O)O)nn2)C1. The molecule has 1 N–H and O–H groups in total. The van der Waals surface area contributed by atoms with Crippen LogP contribution in [0.4, 0.5) is 0 Å².